The summed E-state index contributed by atoms with van der Waals surface area (Å²) in [5, 5.41) is 73.0. The second-order valence-electron chi connectivity index (χ2n) is 25.2. The quantitative estimate of drug-likeness (QED) is 0.0197. The third-order valence-corrected chi connectivity index (χ3v) is 16.6. The molecule has 1 heterocycles. The van der Waals surface area contributed by atoms with Crippen molar-refractivity contribution in [2.75, 3.05) is 0 Å². The van der Waals surface area contributed by atoms with E-state index in [1.54, 1.807) is 48.5 Å². The fourth-order valence-electron chi connectivity index (χ4n) is 10.8. The number of hydrogen-bond acceptors (Lipinski definition) is 20. The number of primary amides is 4. The molecule has 0 bridgehead atoms. The number of aliphatic carboxylic acids is 5. The number of benzene rings is 3. The van der Waals surface area contributed by atoms with E-state index in [9.17, 15) is 112 Å². The van der Waals surface area contributed by atoms with Crippen molar-refractivity contribution < 1.29 is 117 Å². The summed E-state index contributed by atoms with van der Waals surface area (Å²) in [6.07, 6.45) is -9.99. The Hall–Kier alpha value is -12.9. The molecule has 0 unspecified atom stereocenters. The number of nitrogens with two attached hydrogens (primary N) is 5. The molecule has 0 spiro atoms. The molecule has 0 fully saturated rings. The van der Waals surface area contributed by atoms with Crippen molar-refractivity contribution >= 4 is 123 Å². The van der Waals surface area contributed by atoms with Crippen LogP contribution >= 0.6 is 0 Å². The number of carbonyl (C=O) groups is 19. The van der Waals surface area contributed by atoms with E-state index in [-0.39, 0.29) is 12.8 Å². The maximum absolute atomic E-state index is 15.1. The van der Waals surface area contributed by atoms with Gasteiger partial charge in [0.05, 0.1) is 6.04 Å². The lowest BCUT2D eigenvalue weighted by atomic mass is 10.0. The van der Waals surface area contributed by atoms with Crippen molar-refractivity contribution in [3.8, 4) is 0 Å². The minimum absolute atomic E-state index is 0.275. The number of carboxylic acids is 5. The second kappa shape index (κ2) is 44.8. The average molecular weight is 1530 g/mol. The largest absolute Gasteiger partial charge is 0.481 e. The van der Waals surface area contributed by atoms with Crippen LogP contribution in [0.4, 0.5) is 0 Å². The van der Waals surface area contributed by atoms with Crippen LogP contribution in [0.3, 0.4) is 0 Å². The highest BCUT2D eigenvalue weighted by atomic mass is 16.4. The number of aromatic amines is 1. The number of fused-ring (bicyclic) bond motifs is 1. The lowest BCUT2D eigenvalue weighted by Gasteiger charge is -2.28. The number of amides is 14. The third kappa shape index (κ3) is 32.6. The molecule has 40 heteroatoms. The first-order valence-electron chi connectivity index (χ1n) is 34.2. The van der Waals surface area contributed by atoms with E-state index < -0.39 is 288 Å². The standard InChI is InChI=1S/C69H90N16O24/c70-39(15-23-51(71)86)59(98)76-41(16-24-52(72)87)60(99)78-44(20-28-56(92)93)63(102)83-49(32-36-11-5-2-6-12-36)67(106)80-46(22-30-58(96)97)65(104)85-50(33-37-34-75-40-14-8-7-13-38(37)40)68(107)81-45(21-29-57(94)95)64(103)84-48(31-35-9-3-1-4-10-35)66(105)79-43(19-27-55(90)91)61(100)77-42(17-25-53(73)88)62(101)82-47(69(108)109)18-26-54(74)89/h1-14,34,39,41-50,75H,15-33,70H2,(H2,71,86)(H2,72,87)(H2,73,88)(H2,74,89)(H,76,98)(H,77,100)(H,78,99)(H,79,105)(H,80,106)(H,81,107)(H,82,101)(H,83,102)(H,84,103)(H,85,104)(H,90,91)(H,92,93)(H,94,95)(H,96,97)(H,108,109)/t39-,41-,42-,43-,44-,45-,46-,47-,48-,49-,50-/m0/s1. The van der Waals surface area contributed by atoms with Gasteiger partial charge in [-0.1, -0.05) is 78.9 Å². The zero-order valence-electron chi connectivity index (χ0n) is 58.8. The molecule has 0 saturated heterocycles. The third-order valence-electron chi connectivity index (χ3n) is 16.6. The highest BCUT2D eigenvalue weighted by Gasteiger charge is 2.38. The summed E-state index contributed by atoms with van der Waals surface area (Å²) >= 11 is 0. The number of carbonyl (C=O) groups excluding carboxylic acids is 14. The molecule has 14 amide bonds. The summed E-state index contributed by atoms with van der Waals surface area (Å²) in [6, 6.07) is 2.17. The van der Waals surface area contributed by atoms with Gasteiger partial charge in [-0.2, -0.15) is 0 Å². The van der Waals surface area contributed by atoms with Gasteiger partial charge in [0.1, 0.15) is 60.4 Å². The Balaban J connectivity index is 1.76. The van der Waals surface area contributed by atoms with Gasteiger partial charge in [-0.25, -0.2) is 4.79 Å². The molecule has 0 radical (unpaired) electrons. The molecule has 109 heavy (non-hydrogen) atoms. The van der Waals surface area contributed by atoms with Crippen molar-refractivity contribution in [2.24, 2.45) is 28.7 Å². The van der Waals surface area contributed by atoms with Crippen LogP contribution in [-0.4, -0.2) is 210 Å². The molecule has 1 aromatic heterocycles. The molecule has 40 nitrogen and oxygen atoms in total. The van der Waals surface area contributed by atoms with Crippen LogP contribution in [0.1, 0.15) is 119 Å². The van der Waals surface area contributed by atoms with Crippen molar-refractivity contribution in [1.29, 1.82) is 0 Å². The van der Waals surface area contributed by atoms with Gasteiger partial charge < -0.3 is 112 Å². The summed E-state index contributed by atoms with van der Waals surface area (Å²) in [4.78, 5) is 254. The maximum atomic E-state index is 15.1. The first-order chi connectivity index (χ1) is 51.5. The van der Waals surface area contributed by atoms with Gasteiger partial charge >= 0.3 is 29.8 Å². The van der Waals surface area contributed by atoms with Crippen LogP contribution in [0.25, 0.3) is 10.9 Å². The Morgan fingerprint density at radius 2 is 0.541 bits per heavy atom. The first kappa shape index (κ1) is 88.5. The predicted octanol–water partition coefficient (Wildman–Crippen LogP) is -5.02. The fourth-order valence-corrected chi connectivity index (χ4v) is 10.8. The number of rotatable bonds is 51. The van der Waals surface area contributed by atoms with E-state index in [2.05, 4.69) is 58.2 Å². The zero-order chi connectivity index (χ0) is 81.0. The smallest absolute Gasteiger partial charge is 0.326 e. The number of nitrogens with one attached hydrogen (secondary N) is 11. The van der Waals surface area contributed by atoms with Crippen molar-refractivity contribution in [2.45, 2.75) is 188 Å². The van der Waals surface area contributed by atoms with E-state index in [0.29, 0.717) is 27.6 Å². The topological polar surface area (TPSA) is 692 Å². The summed E-state index contributed by atoms with van der Waals surface area (Å²) in [5.74, 6) is -23.4. The van der Waals surface area contributed by atoms with Gasteiger partial charge in [-0.15, -0.1) is 0 Å². The van der Waals surface area contributed by atoms with Crippen LogP contribution < -0.4 is 81.8 Å². The average Bonchev–Trinajstić information content (AvgIpc) is 1.77. The van der Waals surface area contributed by atoms with Crippen LogP contribution in [0.2, 0.25) is 0 Å². The lowest BCUT2D eigenvalue weighted by molar-refractivity contribution is -0.143. The number of H-pyrrole nitrogens is 1. The van der Waals surface area contributed by atoms with E-state index >= 15 is 4.79 Å². The number of para-hydroxylation sites is 1. The Labute approximate surface area is 621 Å². The SMILES string of the molecule is NC(=O)CC[C@H](NC(=O)[C@H](CCC(N)=O)NC(=O)[C@H](CCC(=O)O)NC(=O)[C@H](Cc1ccccc1)NC(=O)[C@H](CCC(=O)O)NC(=O)[C@H](Cc1c[nH]c2ccccc12)NC(=O)[C@H](CCC(=O)O)NC(=O)[C@H](Cc1ccccc1)NC(=O)[C@H](CCC(=O)O)NC(=O)[C@H](CCC(N)=O)NC(=O)[C@@H](N)CCC(N)=O)C(=O)O. The minimum atomic E-state index is -1.96. The normalized spacial score (nSPS) is 14.0. The van der Waals surface area contributed by atoms with Gasteiger partial charge in [0.15, 0.2) is 0 Å². The molecule has 0 saturated carbocycles. The van der Waals surface area contributed by atoms with E-state index in [1.165, 1.54) is 42.6 Å². The van der Waals surface area contributed by atoms with Crippen LogP contribution in [0.5, 0.6) is 0 Å². The molecule has 11 atom stereocenters. The molecule has 4 aromatic rings. The molecular weight excluding hydrogens is 1440 g/mol. The summed E-state index contributed by atoms with van der Waals surface area (Å²) in [5.41, 5.74) is 28.4. The molecular formula is C69H90N16O24. The molecule has 0 aliphatic rings. The van der Waals surface area contributed by atoms with Crippen LogP contribution in [0, 0.1) is 0 Å². The Morgan fingerprint density at radius 3 is 0.853 bits per heavy atom. The van der Waals surface area contributed by atoms with Gasteiger partial charge in [0.25, 0.3) is 0 Å². The van der Waals surface area contributed by atoms with E-state index in [0.717, 1.165) is 0 Å². The number of carboxylic acid groups (broad SMARTS) is 5. The summed E-state index contributed by atoms with van der Waals surface area (Å²) < 4.78 is 0. The Bertz CT molecular complexity index is 3950. The van der Waals surface area contributed by atoms with Gasteiger partial charge in [0.2, 0.25) is 82.7 Å². The summed E-state index contributed by atoms with van der Waals surface area (Å²) in [6.45, 7) is 0. The monoisotopic (exact) mass is 1530 g/mol. The molecule has 3 aromatic carbocycles. The van der Waals surface area contributed by atoms with Gasteiger partial charge in [-0.05, 0) is 74.1 Å². The molecule has 4 rings (SSSR count). The summed E-state index contributed by atoms with van der Waals surface area (Å²) in [7, 11) is 0. The first-order valence-corrected chi connectivity index (χ1v) is 34.2. The van der Waals surface area contributed by atoms with Crippen LogP contribution in [-0.2, 0) is 110 Å². The zero-order valence-corrected chi connectivity index (χ0v) is 58.8. The highest BCUT2D eigenvalue weighted by molar-refractivity contribution is 6.00. The molecule has 0 aliphatic heterocycles. The van der Waals surface area contributed by atoms with Crippen LogP contribution in [0.15, 0.2) is 91.1 Å². The molecule has 590 valence electrons. The minimum Gasteiger partial charge on any atom is -0.481 e. The van der Waals surface area contributed by atoms with E-state index in [4.69, 9.17) is 28.7 Å². The van der Waals surface area contributed by atoms with Crippen molar-refractivity contribution in [3.63, 3.8) is 0 Å². The number of hydrogen-bond donors (Lipinski definition) is 21. The Kier molecular flexibility index (Phi) is 36.4. The van der Waals surface area contributed by atoms with Crippen molar-refractivity contribution in [1.82, 2.24) is 58.2 Å². The Morgan fingerprint density at radius 1 is 0.294 bits per heavy atom. The fraction of sp³-hybridized carbons (Fsp3) is 0.435. The van der Waals surface area contributed by atoms with E-state index in [1.807, 2.05) is 0 Å². The van der Waals surface area contributed by atoms with Gasteiger partial charge in [0, 0.05) is 87.7 Å². The molecule has 26 N–H and O–H groups in total. The predicted molar refractivity (Wildman–Crippen MR) is 378 cm³/mol. The highest BCUT2D eigenvalue weighted by Crippen LogP contribution is 2.21. The number of aromatic nitrogens is 1. The second-order valence-corrected chi connectivity index (χ2v) is 25.2. The lowest BCUT2D eigenvalue weighted by Crippen LogP contribution is -2.61. The van der Waals surface area contributed by atoms with Gasteiger partial charge in [-0.3, -0.25) is 86.3 Å². The molecule has 0 aliphatic carbocycles. The maximum Gasteiger partial charge on any atom is 0.326 e. The van der Waals surface area contributed by atoms with Crippen molar-refractivity contribution in [3.05, 3.63) is 108 Å².